The van der Waals surface area contributed by atoms with Crippen LogP contribution in [0.1, 0.15) is 47.5 Å². The van der Waals surface area contributed by atoms with E-state index in [1.54, 1.807) is 0 Å². The summed E-state index contributed by atoms with van der Waals surface area (Å²) in [6.45, 7) is 9.42. The fourth-order valence-corrected chi connectivity index (χ4v) is 1.26. The Kier molecular flexibility index (Phi) is 3.73. The van der Waals surface area contributed by atoms with Gasteiger partial charge in [0.2, 0.25) is 0 Å². The standard InChI is InChI=1S/C10H22O2/c1-6-7-8(2)9(3,4)10(5,11)12/h8,11-12H,6-7H2,1-5H3. The first-order valence-electron chi connectivity index (χ1n) is 4.68. The maximum atomic E-state index is 9.50. The van der Waals surface area contributed by atoms with Crippen LogP contribution in [0, 0.1) is 11.3 Å². The first kappa shape index (κ1) is 11.9. The number of hydrogen-bond donors (Lipinski definition) is 2. The van der Waals surface area contributed by atoms with Gasteiger partial charge in [-0.25, -0.2) is 0 Å². The van der Waals surface area contributed by atoms with Crippen LogP contribution in [0.15, 0.2) is 0 Å². The van der Waals surface area contributed by atoms with Gasteiger partial charge in [0.15, 0.2) is 5.79 Å². The highest BCUT2D eigenvalue weighted by atomic mass is 16.5. The van der Waals surface area contributed by atoms with Crippen molar-refractivity contribution in [2.24, 2.45) is 11.3 Å². The van der Waals surface area contributed by atoms with E-state index in [1.165, 1.54) is 6.92 Å². The van der Waals surface area contributed by atoms with E-state index in [2.05, 4.69) is 13.8 Å². The summed E-state index contributed by atoms with van der Waals surface area (Å²) in [6.07, 6.45) is 2.12. The van der Waals surface area contributed by atoms with Crippen LogP contribution in [0.25, 0.3) is 0 Å². The minimum absolute atomic E-state index is 0.322. The molecule has 0 saturated heterocycles. The van der Waals surface area contributed by atoms with Crippen molar-refractivity contribution in [1.82, 2.24) is 0 Å². The Balaban J connectivity index is 4.38. The smallest absolute Gasteiger partial charge is 0.165 e. The van der Waals surface area contributed by atoms with Gasteiger partial charge in [-0.1, -0.05) is 40.5 Å². The van der Waals surface area contributed by atoms with Crippen LogP contribution < -0.4 is 0 Å². The average molecular weight is 174 g/mol. The summed E-state index contributed by atoms with van der Waals surface area (Å²) in [6, 6.07) is 0. The summed E-state index contributed by atoms with van der Waals surface area (Å²) in [7, 11) is 0. The second kappa shape index (κ2) is 3.75. The summed E-state index contributed by atoms with van der Waals surface area (Å²) in [4.78, 5) is 0. The molecule has 74 valence electrons. The second-order valence-corrected chi connectivity index (χ2v) is 4.43. The molecule has 2 heteroatoms. The Bertz CT molecular complexity index is 133. The highest BCUT2D eigenvalue weighted by molar-refractivity contribution is 4.84. The van der Waals surface area contributed by atoms with Crippen LogP contribution >= 0.6 is 0 Å². The minimum atomic E-state index is -1.58. The Labute approximate surface area is 75.6 Å². The molecule has 0 bridgehead atoms. The average Bonchev–Trinajstić information content (AvgIpc) is 1.85. The third-order valence-electron chi connectivity index (χ3n) is 3.17. The van der Waals surface area contributed by atoms with Crippen molar-refractivity contribution in [1.29, 1.82) is 0 Å². The van der Waals surface area contributed by atoms with Crippen LogP contribution in [-0.4, -0.2) is 16.0 Å². The maximum absolute atomic E-state index is 9.50. The van der Waals surface area contributed by atoms with Crippen molar-refractivity contribution in [3.63, 3.8) is 0 Å². The largest absolute Gasteiger partial charge is 0.365 e. The van der Waals surface area contributed by atoms with Gasteiger partial charge < -0.3 is 10.2 Å². The van der Waals surface area contributed by atoms with Crippen LogP contribution in [0.2, 0.25) is 0 Å². The molecule has 2 nitrogen and oxygen atoms in total. The van der Waals surface area contributed by atoms with E-state index in [0.717, 1.165) is 12.8 Å². The van der Waals surface area contributed by atoms with Crippen molar-refractivity contribution >= 4 is 0 Å². The van der Waals surface area contributed by atoms with Crippen LogP contribution in [0.4, 0.5) is 0 Å². The number of aliphatic hydroxyl groups is 2. The summed E-state index contributed by atoms with van der Waals surface area (Å²) in [5, 5.41) is 19.0. The maximum Gasteiger partial charge on any atom is 0.165 e. The zero-order valence-corrected chi connectivity index (χ0v) is 8.89. The molecule has 0 amide bonds. The van der Waals surface area contributed by atoms with Crippen LogP contribution in [0.3, 0.4) is 0 Å². The van der Waals surface area contributed by atoms with Gasteiger partial charge in [0.05, 0.1) is 0 Å². The topological polar surface area (TPSA) is 40.5 Å². The molecule has 0 rings (SSSR count). The van der Waals surface area contributed by atoms with Crippen LogP contribution in [-0.2, 0) is 0 Å². The van der Waals surface area contributed by atoms with Crippen molar-refractivity contribution in [2.45, 2.75) is 53.2 Å². The summed E-state index contributed by atoms with van der Waals surface area (Å²) in [5.41, 5.74) is -0.441. The van der Waals surface area contributed by atoms with E-state index in [-0.39, 0.29) is 0 Å². The number of hydrogen-bond acceptors (Lipinski definition) is 2. The Morgan fingerprint density at radius 3 is 1.83 bits per heavy atom. The lowest BCUT2D eigenvalue weighted by Gasteiger charge is -2.40. The molecule has 0 heterocycles. The van der Waals surface area contributed by atoms with Gasteiger partial charge in [-0.05, 0) is 12.8 Å². The molecule has 0 fully saturated rings. The van der Waals surface area contributed by atoms with E-state index < -0.39 is 11.2 Å². The zero-order chi connectivity index (χ0) is 9.99. The van der Waals surface area contributed by atoms with Gasteiger partial charge in [-0.2, -0.15) is 0 Å². The van der Waals surface area contributed by atoms with Gasteiger partial charge in [0, 0.05) is 5.41 Å². The first-order chi connectivity index (χ1) is 5.23. The Morgan fingerprint density at radius 1 is 1.17 bits per heavy atom. The molecule has 0 aromatic carbocycles. The molecule has 0 aliphatic heterocycles. The highest BCUT2D eigenvalue weighted by Crippen LogP contribution is 2.38. The lowest BCUT2D eigenvalue weighted by atomic mass is 9.72. The molecule has 1 atom stereocenters. The molecular formula is C10H22O2. The molecule has 0 saturated carbocycles. The van der Waals surface area contributed by atoms with Crippen molar-refractivity contribution in [3.05, 3.63) is 0 Å². The lowest BCUT2D eigenvalue weighted by Crippen LogP contribution is -2.45. The lowest BCUT2D eigenvalue weighted by molar-refractivity contribution is -0.234. The summed E-state index contributed by atoms with van der Waals surface area (Å²) in [5.74, 6) is -1.26. The molecular weight excluding hydrogens is 152 g/mol. The second-order valence-electron chi connectivity index (χ2n) is 4.43. The minimum Gasteiger partial charge on any atom is -0.365 e. The molecule has 12 heavy (non-hydrogen) atoms. The fourth-order valence-electron chi connectivity index (χ4n) is 1.26. The quantitative estimate of drug-likeness (QED) is 0.641. The molecule has 0 aliphatic rings. The van der Waals surface area contributed by atoms with Gasteiger partial charge in [0.1, 0.15) is 0 Å². The van der Waals surface area contributed by atoms with Gasteiger partial charge in [0.25, 0.3) is 0 Å². The highest BCUT2D eigenvalue weighted by Gasteiger charge is 2.41. The van der Waals surface area contributed by atoms with Gasteiger partial charge >= 0.3 is 0 Å². The normalized spacial score (nSPS) is 16.2. The third-order valence-corrected chi connectivity index (χ3v) is 3.17. The van der Waals surface area contributed by atoms with Crippen molar-refractivity contribution in [3.8, 4) is 0 Å². The molecule has 0 radical (unpaired) electrons. The predicted molar refractivity (Wildman–Crippen MR) is 50.7 cm³/mol. The fraction of sp³-hybridized carbons (Fsp3) is 1.00. The predicted octanol–water partition coefficient (Wildman–Crippen LogP) is 2.15. The van der Waals surface area contributed by atoms with Crippen molar-refractivity contribution < 1.29 is 10.2 Å². The first-order valence-corrected chi connectivity index (χ1v) is 4.68. The molecule has 0 aromatic heterocycles. The van der Waals surface area contributed by atoms with E-state index in [9.17, 15) is 10.2 Å². The molecule has 0 aromatic rings. The Hall–Kier alpha value is -0.0800. The molecule has 0 aliphatic carbocycles. The van der Waals surface area contributed by atoms with E-state index >= 15 is 0 Å². The molecule has 2 N–H and O–H groups in total. The van der Waals surface area contributed by atoms with Gasteiger partial charge in [-0.3, -0.25) is 0 Å². The Morgan fingerprint density at radius 2 is 1.58 bits per heavy atom. The summed E-state index contributed by atoms with van der Waals surface area (Å²) < 4.78 is 0. The molecule has 1 unspecified atom stereocenters. The zero-order valence-electron chi connectivity index (χ0n) is 8.89. The third kappa shape index (κ3) is 2.46. The SMILES string of the molecule is CCCC(C)C(C)(C)C(C)(O)O. The van der Waals surface area contributed by atoms with E-state index in [0.29, 0.717) is 5.92 Å². The van der Waals surface area contributed by atoms with Gasteiger partial charge in [-0.15, -0.1) is 0 Å². The molecule has 0 spiro atoms. The summed E-state index contributed by atoms with van der Waals surface area (Å²) >= 11 is 0. The van der Waals surface area contributed by atoms with Crippen LogP contribution in [0.5, 0.6) is 0 Å². The monoisotopic (exact) mass is 174 g/mol. The van der Waals surface area contributed by atoms with E-state index in [4.69, 9.17) is 0 Å². The number of rotatable bonds is 4. The van der Waals surface area contributed by atoms with Crippen molar-refractivity contribution in [2.75, 3.05) is 0 Å². The van der Waals surface area contributed by atoms with E-state index in [1.807, 2.05) is 13.8 Å².